The van der Waals surface area contributed by atoms with Crippen LogP contribution in [-0.2, 0) is 19.6 Å². The molecule has 5 nitrogen and oxygen atoms in total. The lowest BCUT2D eigenvalue weighted by molar-refractivity contribution is 0.246. The van der Waals surface area contributed by atoms with Gasteiger partial charge in [-0.15, -0.1) is 0 Å². The number of nitrogens with zero attached hydrogens (tertiary/aromatic N) is 3. The molecule has 0 amide bonds. The van der Waals surface area contributed by atoms with E-state index in [1.165, 1.54) is 12.1 Å². The Morgan fingerprint density at radius 1 is 0.895 bits per heavy atom. The van der Waals surface area contributed by atoms with E-state index in [1.807, 2.05) is 42.5 Å². The van der Waals surface area contributed by atoms with Crippen LogP contribution in [0.1, 0.15) is 50.8 Å². The number of rotatable bonds is 13. The Bertz CT molecular complexity index is 1300. The van der Waals surface area contributed by atoms with Gasteiger partial charge >= 0.3 is 0 Å². The molecule has 1 aromatic heterocycles. The predicted molar refractivity (Wildman–Crippen MR) is 152 cm³/mol. The van der Waals surface area contributed by atoms with Crippen LogP contribution in [0.3, 0.4) is 0 Å². The maximum absolute atomic E-state index is 13.8. The Morgan fingerprint density at radius 2 is 1.63 bits per heavy atom. The van der Waals surface area contributed by atoms with Crippen LogP contribution in [-0.4, -0.2) is 33.2 Å². The van der Waals surface area contributed by atoms with Gasteiger partial charge in [-0.25, -0.2) is 9.37 Å². The molecule has 0 atom stereocenters. The summed E-state index contributed by atoms with van der Waals surface area (Å²) in [5.41, 5.74) is 5.01. The molecule has 0 saturated heterocycles. The molecule has 0 saturated carbocycles. The first-order chi connectivity index (χ1) is 18.5. The Morgan fingerprint density at radius 3 is 2.29 bits per heavy atom. The maximum atomic E-state index is 13.8. The van der Waals surface area contributed by atoms with E-state index in [4.69, 9.17) is 9.72 Å². The molecule has 0 spiro atoms. The van der Waals surface area contributed by atoms with Crippen molar-refractivity contribution in [1.29, 1.82) is 0 Å². The van der Waals surface area contributed by atoms with E-state index in [-0.39, 0.29) is 11.6 Å². The van der Waals surface area contributed by atoms with Crippen LogP contribution in [0.5, 0.6) is 11.5 Å². The molecule has 0 aliphatic heterocycles. The van der Waals surface area contributed by atoms with E-state index < -0.39 is 0 Å². The minimum atomic E-state index is -0.257. The zero-order chi connectivity index (χ0) is 26.9. The number of imidazole rings is 1. The van der Waals surface area contributed by atoms with E-state index in [0.29, 0.717) is 18.8 Å². The van der Waals surface area contributed by atoms with Gasteiger partial charge in [0.05, 0.1) is 18.5 Å². The number of aromatic nitrogens is 2. The van der Waals surface area contributed by atoms with Gasteiger partial charge in [0.25, 0.3) is 0 Å². The average Bonchev–Trinajstić information content (AvgIpc) is 3.29. The maximum Gasteiger partial charge on any atom is 0.160 e. The Kier molecular flexibility index (Phi) is 9.55. The number of phenolic OH excluding ortho intramolecular Hbond substituents is 1. The summed E-state index contributed by atoms with van der Waals surface area (Å²) in [4.78, 5) is 7.58. The van der Waals surface area contributed by atoms with Crippen molar-refractivity contribution in [2.45, 2.75) is 59.2 Å². The number of phenols is 1. The number of aromatic hydroxyl groups is 1. The largest absolute Gasteiger partial charge is 0.504 e. The molecule has 4 rings (SSSR count). The van der Waals surface area contributed by atoms with Crippen LogP contribution in [0.4, 0.5) is 4.39 Å². The van der Waals surface area contributed by atoms with Crippen molar-refractivity contribution in [1.82, 2.24) is 14.5 Å². The second-order valence-corrected chi connectivity index (χ2v) is 9.68. The van der Waals surface area contributed by atoms with E-state index in [1.54, 1.807) is 13.2 Å². The third-order valence-electron chi connectivity index (χ3n) is 6.81. The molecule has 0 aliphatic carbocycles. The SMILES string of the molecule is CCCCN(Cc1ccc(OC)c(O)c1)Cc1c(-c2ccc(F)cc2)nc(-c2ccccc2)n1CCCC. The van der Waals surface area contributed by atoms with Gasteiger partial charge in [-0.1, -0.05) is 63.1 Å². The number of hydrogen-bond acceptors (Lipinski definition) is 4. The first kappa shape index (κ1) is 27.4. The molecular weight excluding hydrogens is 477 g/mol. The van der Waals surface area contributed by atoms with Crippen LogP contribution in [0.15, 0.2) is 72.8 Å². The fourth-order valence-corrected chi connectivity index (χ4v) is 4.75. The first-order valence-electron chi connectivity index (χ1n) is 13.5. The molecule has 0 unspecified atom stereocenters. The van der Waals surface area contributed by atoms with Crippen LogP contribution in [0.2, 0.25) is 0 Å². The smallest absolute Gasteiger partial charge is 0.160 e. The molecule has 38 heavy (non-hydrogen) atoms. The zero-order valence-corrected chi connectivity index (χ0v) is 22.7. The third-order valence-corrected chi connectivity index (χ3v) is 6.81. The van der Waals surface area contributed by atoms with Gasteiger partial charge in [0.1, 0.15) is 11.6 Å². The highest BCUT2D eigenvalue weighted by molar-refractivity contribution is 5.68. The monoisotopic (exact) mass is 515 g/mol. The number of hydrogen-bond donors (Lipinski definition) is 1. The highest BCUT2D eigenvalue weighted by Crippen LogP contribution is 2.32. The minimum absolute atomic E-state index is 0.145. The van der Waals surface area contributed by atoms with Crippen molar-refractivity contribution >= 4 is 0 Å². The molecule has 200 valence electrons. The zero-order valence-electron chi connectivity index (χ0n) is 22.7. The molecule has 0 radical (unpaired) electrons. The Hall–Kier alpha value is -3.64. The lowest BCUT2D eigenvalue weighted by Gasteiger charge is -2.24. The lowest BCUT2D eigenvalue weighted by Crippen LogP contribution is -2.26. The molecule has 1 N–H and O–H groups in total. The molecule has 4 aromatic rings. The molecule has 6 heteroatoms. The van der Waals surface area contributed by atoms with Crippen LogP contribution in [0, 0.1) is 5.82 Å². The topological polar surface area (TPSA) is 50.5 Å². The van der Waals surface area contributed by atoms with Gasteiger partial charge < -0.3 is 14.4 Å². The number of ether oxygens (including phenoxy) is 1. The minimum Gasteiger partial charge on any atom is -0.504 e. The molecule has 0 bridgehead atoms. The van der Waals surface area contributed by atoms with Crippen molar-refractivity contribution in [2.24, 2.45) is 0 Å². The Labute approximate surface area is 225 Å². The predicted octanol–water partition coefficient (Wildman–Crippen LogP) is 7.67. The average molecular weight is 516 g/mol. The third kappa shape index (κ3) is 6.62. The number of methoxy groups -OCH3 is 1. The highest BCUT2D eigenvalue weighted by atomic mass is 19.1. The standard InChI is InChI=1S/C32H38FN3O2/c1-4-6-19-35(22-24-13-18-30(38-3)29(37)21-24)23-28-31(25-14-16-27(33)17-15-25)34-32(36(28)20-7-5-2)26-11-9-8-10-12-26/h8-18,21,37H,4-7,19-20,22-23H2,1-3H3. The summed E-state index contributed by atoms with van der Waals surface area (Å²) in [5.74, 6) is 1.29. The second kappa shape index (κ2) is 13.2. The van der Waals surface area contributed by atoms with Crippen LogP contribution >= 0.6 is 0 Å². The second-order valence-electron chi connectivity index (χ2n) is 9.68. The molecule has 0 aliphatic rings. The van der Waals surface area contributed by atoms with Gasteiger partial charge in [-0.05, 0) is 61.3 Å². The summed E-state index contributed by atoms with van der Waals surface area (Å²) >= 11 is 0. The molecule has 1 heterocycles. The van der Waals surface area contributed by atoms with Crippen molar-refractivity contribution in [3.05, 3.63) is 89.9 Å². The molecular formula is C32H38FN3O2. The van der Waals surface area contributed by atoms with Gasteiger partial charge in [0.15, 0.2) is 11.5 Å². The summed E-state index contributed by atoms with van der Waals surface area (Å²) in [6, 6.07) is 22.5. The fourth-order valence-electron chi connectivity index (χ4n) is 4.75. The summed E-state index contributed by atoms with van der Waals surface area (Å²) < 4.78 is 21.4. The van der Waals surface area contributed by atoms with Crippen molar-refractivity contribution in [3.8, 4) is 34.1 Å². The van der Waals surface area contributed by atoms with E-state index in [9.17, 15) is 9.50 Å². The van der Waals surface area contributed by atoms with Crippen LogP contribution < -0.4 is 4.74 Å². The van der Waals surface area contributed by atoms with Crippen molar-refractivity contribution in [3.63, 3.8) is 0 Å². The van der Waals surface area contributed by atoms with Gasteiger partial charge in [0, 0.05) is 30.8 Å². The van der Waals surface area contributed by atoms with Crippen molar-refractivity contribution < 1.29 is 14.2 Å². The summed E-state index contributed by atoms with van der Waals surface area (Å²) in [6.45, 7) is 7.52. The molecule has 0 fully saturated rings. The van der Waals surface area contributed by atoms with Gasteiger partial charge in [-0.3, -0.25) is 4.90 Å². The summed E-state index contributed by atoms with van der Waals surface area (Å²) in [7, 11) is 1.56. The first-order valence-corrected chi connectivity index (χ1v) is 13.5. The van der Waals surface area contributed by atoms with Gasteiger partial charge in [0.2, 0.25) is 0 Å². The van der Waals surface area contributed by atoms with E-state index >= 15 is 0 Å². The fraction of sp³-hybridized carbons (Fsp3) is 0.344. The summed E-state index contributed by atoms with van der Waals surface area (Å²) in [5, 5.41) is 10.4. The normalized spacial score (nSPS) is 11.3. The lowest BCUT2D eigenvalue weighted by atomic mass is 10.1. The van der Waals surface area contributed by atoms with E-state index in [0.717, 1.165) is 72.7 Å². The molecule has 3 aromatic carbocycles. The van der Waals surface area contributed by atoms with E-state index in [2.05, 4.69) is 35.4 Å². The highest BCUT2D eigenvalue weighted by Gasteiger charge is 2.22. The number of halogens is 1. The quantitative estimate of drug-likeness (QED) is 0.198. The van der Waals surface area contributed by atoms with Crippen molar-refractivity contribution in [2.75, 3.05) is 13.7 Å². The van der Waals surface area contributed by atoms with Gasteiger partial charge in [-0.2, -0.15) is 0 Å². The Balaban J connectivity index is 1.79. The number of benzene rings is 3. The van der Waals surface area contributed by atoms with Crippen LogP contribution in [0.25, 0.3) is 22.6 Å². The number of unbranched alkanes of at least 4 members (excludes halogenated alkanes) is 2. The summed E-state index contributed by atoms with van der Waals surface area (Å²) in [6.07, 6.45) is 4.25.